The second kappa shape index (κ2) is 8.71. The van der Waals surface area contributed by atoms with Gasteiger partial charge in [-0.05, 0) is 59.3 Å². The molecule has 4 rings (SSSR count). The lowest BCUT2D eigenvalue weighted by Gasteiger charge is -2.20. The summed E-state index contributed by atoms with van der Waals surface area (Å²) in [5.41, 5.74) is 1.29. The molecule has 0 atom stereocenters. The number of nitrogens with zero attached hydrogens (tertiary/aromatic N) is 1. The summed E-state index contributed by atoms with van der Waals surface area (Å²) >= 11 is 0. The average molecular weight is 411 g/mol. The van der Waals surface area contributed by atoms with E-state index in [2.05, 4.69) is 0 Å². The molecule has 4 aromatic carbocycles. The minimum atomic E-state index is -0.491. The Kier molecular flexibility index (Phi) is 5.67. The number of ether oxygens (including phenoxy) is 2. The molecule has 0 aromatic heterocycles. The van der Waals surface area contributed by atoms with Gasteiger partial charge in [0.1, 0.15) is 11.5 Å². The molecule has 0 fully saturated rings. The monoisotopic (exact) mass is 411 g/mol. The second-order valence-electron chi connectivity index (χ2n) is 7.01. The van der Waals surface area contributed by atoms with E-state index >= 15 is 0 Å². The third-order valence-electron chi connectivity index (χ3n) is 5.03. The fourth-order valence-electron chi connectivity index (χ4n) is 3.38. The number of carbonyl (C=O) groups excluding carboxylic acids is 2. The van der Waals surface area contributed by atoms with E-state index in [0.29, 0.717) is 22.6 Å². The number of methoxy groups -OCH3 is 1. The largest absolute Gasteiger partial charge is 0.465 e. The molecule has 0 saturated heterocycles. The number of amides is 1. The topological polar surface area (TPSA) is 55.8 Å². The van der Waals surface area contributed by atoms with E-state index in [0.717, 1.165) is 16.5 Å². The van der Waals surface area contributed by atoms with Gasteiger partial charge >= 0.3 is 5.97 Å². The summed E-state index contributed by atoms with van der Waals surface area (Å²) in [6.45, 7) is 0. The van der Waals surface area contributed by atoms with Gasteiger partial charge in [0.2, 0.25) is 0 Å². The summed E-state index contributed by atoms with van der Waals surface area (Å²) in [6.07, 6.45) is 0. The van der Waals surface area contributed by atoms with Gasteiger partial charge in [-0.3, -0.25) is 4.79 Å². The normalized spacial score (nSPS) is 10.5. The number of para-hydroxylation sites is 1. The van der Waals surface area contributed by atoms with Crippen molar-refractivity contribution in [1.82, 2.24) is 0 Å². The van der Waals surface area contributed by atoms with E-state index in [1.54, 1.807) is 55.6 Å². The molecule has 0 bridgehead atoms. The lowest BCUT2D eigenvalue weighted by Crippen LogP contribution is -2.28. The smallest absolute Gasteiger partial charge is 0.339 e. The molecule has 1 amide bonds. The van der Waals surface area contributed by atoms with Crippen LogP contribution in [0.1, 0.15) is 20.7 Å². The van der Waals surface area contributed by atoms with Crippen molar-refractivity contribution in [3.8, 4) is 11.5 Å². The maximum absolute atomic E-state index is 13.0. The summed E-state index contributed by atoms with van der Waals surface area (Å²) in [4.78, 5) is 26.4. The number of carbonyl (C=O) groups is 2. The van der Waals surface area contributed by atoms with Gasteiger partial charge in [0, 0.05) is 12.6 Å². The Balaban J connectivity index is 1.52. The SMILES string of the molecule is COC(=O)c1ccccc1N(C)C(=O)c1ccc(Oc2ccc3ccccc3c2)cc1. The Bertz CT molecular complexity index is 1250. The van der Waals surface area contributed by atoms with Crippen molar-refractivity contribution in [3.05, 3.63) is 102 Å². The molecule has 0 unspecified atom stereocenters. The standard InChI is InChI=1S/C26H21NO4/c1-27(24-10-6-5-9-23(24)26(29)30-2)25(28)19-12-14-21(15-13-19)31-22-16-11-18-7-3-4-8-20(18)17-22/h3-17H,1-2H3. The maximum Gasteiger partial charge on any atom is 0.339 e. The molecule has 5 heteroatoms. The molecule has 0 saturated carbocycles. The van der Waals surface area contributed by atoms with Crippen molar-refractivity contribution in [1.29, 1.82) is 0 Å². The highest BCUT2D eigenvalue weighted by Gasteiger charge is 2.20. The zero-order valence-corrected chi connectivity index (χ0v) is 17.2. The number of hydrogen-bond acceptors (Lipinski definition) is 4. The summed E-state index contributed by atoms with van der Waals surface area (Å²) in [6, 6.07) is 27.7. The van der Waals surface area contributed by atoms with Crippen molar-refractivity contribution in [2.45, 2.75) is 0 Å². The number of fused-ring (bicyclic) bond motifs is 1. The van der Waals surface area contributed by atoms with Crippen LogP contribution < -0.4 is 9.64 Å². The van der Waals surface area contributed by atoms with E-state index in [9.17, 15) is 9.59 Å². The molecule has 5 nitrogen and oxygen atoms in total. The molecular formula is C26H21NO4. The highest BCUT2D eigenvalue weighted by Crippen LogP contribution is 2.27. The van der Waals surface area contributed by atoms with Gasteiger partial charge in [-0.2, -0.15) is 0 Å². The molecule has 0 aliphatic rings. The highest BCUT2D eigenvalue weighted by atomic mass is 16.5. The molecule has 0 radical (unpaired) electrons. The molecular weight excluding hydrogens is 390 g/mol. The van der Waals surface area contributed by atoms with Crippen LogP contribution in [0.15, 0.2) is 91.0 Å². The Hall–Kier alpha value is -4.12. The molecule has 4 aromatic rings. The van der Waals surface area contributed by atoms with Crippen molar-refractivity contribution in [2.75, 3.05) is 19.1 Å². The third kappa shape index (κ3) is 4.26. The Morgan fingerprint density at radius 1 is 0.742 bits per heavy atom. The summed E-state index contributed by atoms with van der Waals surface area (Å²) < 4.78 is 10.8. The van der Waals surface area contributed by atoms with Gasteiger partial charge in [0.15, 0.2) is 0 Å². The highest BCUT2D eigenvalue weighted by molar-refractivity contribution is 6.09. The van der Waals surface area contributed by atoms with Gasteiger partial charge in [-0.1, -0.05) is 42.5 Å². The molecule has 0 N–H and O–H groups in total. The van der Waals surface area contributed by atoms with Crippen LogP contribution in [-0.4, -0.2) is 26.0 Å². The van der Waals surface area contributed by atoms with Crippen LogP contribution in [0.4, 0.5) is 5.69 Å². The fourth-order valence-corrected chi connectivity index (χ4v) is 3.38. The predicted octanol–water partition coefficient (Wildman–Crippen LogP) is 5.70. The number of hydrogen-bond donors (Lipinski definition) is 0. The minimum absolute atomic E-state index is 0.242. The van der Waals surface area contributed by atoms with E-state index in [1.807, 2.05) is 42.5 Å². The quantitative estimate of drug-likeness (QED) is 0.396. The fraction of sp³-hybridized carbons (Fsp3) is 0.0769. The summed E-state index contributed by atoms with van der Waals surface area (Å²) in [5.74, 6) is 0.620. The van der Waals surface area contributed by atoms with Crippen molar-refractivity contribution in [2.24, 2.45) is 0 Å². The zero-order valence-electron chi connectivity index (χ0n) is 17.2. The van der Waals surface area contributed by atoms with Crippen LogP contribution in [0.5, 0.6) is 11.5 Å². The minimum Gasteiger partial charge on any atom is -0.465 e. The van der Waals surface area contributed by atoms with Gasteiger partial charge < -0.3 is 14.4 Å². The van der Waals surface area contributed by atoms with Crippen LogP contribution >= 0.6 is 0 Å². The van der Waals surface area contributed by atoms with Crippen LogP contribution in [0, 0.1) is 0 Å². The van der Waals surface area contributed by atoms with Crippen LogP contribution in [0.25, 0.3) is 10.8 Å². The van der Waals surface area contributed by atoms with Crippen molar-refractivity contribution in [3.63, 3.8) is 0 Å². The Labute approximate surface area is 180 Å². The van der Waals surface area contributed by atoms with Crippen molar-refractivity contribution < 1.29 is 19.1 Å². The van der Waals surface area contributed by atoms with E-state index < -0.39 is 5.97 Å². The number of esters is 1. The summed E-state index contributed by atoms with van der Waals surface area (Å²) in [5, 5.41) is 2.24. The van der Waals surface area contributed by atoms with Gasteiger partial charge in [0.05, 0.1) is 18.4 Å². The number of rotatable bonds is 5. The molecule has 0 spiro atoms. The maximum atomic E-state index is 13.0. The number of benzene rings is 4. The third-order valence-corrected chi connectivity index (χ3v) is 5.03. The molecule has 31 heavy (non-hydrogen) atoms. The lowest BCUT2D eigenvalue weighted by atomic mass is 10.1. The lowest BCUT2D eigenvalue weighted by molar-refractivity contribution is 0.0601. The Morgan fingerprint density at radius 2 is 1.39 bits per heavy atom. The molecule has 0 heterocycles. The van der Waals surface area contributed by atoms with E-state index in [-0.39, 0.29) is 5.91 Å². The number of anilines is 1. The van der Waals surface area contributed by atoms with E-state index in [1.165, 1.54) is 12.0 Å². The first-order valence-electron chi connectivity index (χ1n) is 9.79. The zero-order chi connectivity index (χ0) is 21.8. The molecule has 154 valence electrons. The second-order valence-corrected chi connectivity index (χ2v) is 7.01. The first-order valence-corrected chi connectivity index (χ1v) is 9.79. The summed E-state index contributed by atoms with van der Waals surface area (Å²) in [7, 11) is 2.94. The molecule has 0 aliphatic heterocycles. The van der Waals surface area contributed by atoms with Crippen LogP contribution in [-0.2, 0) is 4.74 Å². The van der Waals surface area contributed by atoms with Crippen molar-refractivity contribution >= 4 is 28.3 Å². The molecule has 0 aliphatic carbocycles. The first kappa shape index (κ1) is 20.2. The predicted molar refractivity (Wildman–Crippen MR) is 121 cm³/mol. The first-order chi connectivity index (χ1) is 15.1. The average Bonchev–Trinajstić information content (AvgIpc) is 2.83. The van der Waals surface area contributed by atoms with Gasteiger partial charge in [-0.15, -0.1) is 0 Å². The van der Waals surface area contributed by atoms with Gasteiger partial charge in [0.25, 0.3) is 5.91 Å². The van der Waals surface area contributed by atoms with E-state index in [4.69, 9.17) is 9.47 Å². The van der Waals surface area contributed by atoms with Crippen LogP contribution in [0.2, 0.25) is 0 Å². The van der Waals surface area contributed by atoms with Gasteiger partial charge in [-0.25, -0.2) is 4.79 Å². The Morgan fingerprint density at radius 3 is 2.13 bits per heavy atom. The van der Waals surface area contributed by atoms with Crippen LogP contribution in [0.3, 0.4) is 0 Å².